The van der Waals surface area contributed by atoms with Crippen molar-refractivity contribution in [2.24, 2.45) is 5.92 Å². The maximum Gasteiger partial charge on any atom is 0.150 e. The van der Waals surface area contributed by atoms with E-state index in [1.54, 1.807) is 0 Å². The van der Waals surface area contributed by atoms with Crippen LogP contribution in [0.15, 0.2) is 12.1 Å². The Labute approximate surface area is 115 Å². The summed E-state index contributed by atoms with van der Waals surface area (Å²) in [6, 6.07) is 4.93. The van der Waals surface area contributed by atoms with E-state index in [4.69, 9.17) is 0 Å². The average Bonchev–Trinajstić information content (AvgIpc) is 3.13. The van der Waals surface area contributed by atoms with Gasteiger partial charge >= 0.3 is 0 Å². The van der Waals surface area contributed by atoms with Gasteiger partial charge in [0.05, 0.1) is 5.69 Å². The van der Waals surface area contributed by atoms with Crippen molar-refractivity contribution < 1.29 is 0 Å². The zero-order valence-corrected chi connectivity index (χ0v) is 11.8. The van der Waals surface area contributed by atoms with E-state index in [1.165, 1.54) is 38.5 Å². The molecule has 1 N–H and O–H groups in total. The van der Waals surface area contributed by atoms with E-state index in [9.17, 15) is 0 Å². The van der Waals surface area contributed by atoms with E-state index in [0.717, 1.165) is 36.6 Å². The van der Waals surface area contributed by atoms with E-state index in [1.807, 2.05) is 0 Å². The monoisotopic (exact) mass is 260 g/mol. The minimum atomic E-state index is 0.728. The molecular formula is C15H24N4. The van der Waals surface area contributed by atoms with Crippen LogP contribution in [0, 0.1) is 5.92 Å². The van der Waals surface area contributed by atoms with Crippen molar-refractivity contribution in [1.82, 2.24) is 15.5 Å². The molecule has 0 aromatic carbocycles. The quantitative estimate of drug-likeness (QED) is 0.852. The zero-order valence-electron chi connectivity index (χ0n) is 11.8. The van der Waals surface area contributed by atoms with Crippen molar-refractivity contribution in [3.05, 3.63) is 17.8 Å². The molecule has 0 radical (unpaired) electrons. The fraction of sp³-hybridized carbons (Fsp3) is 0.733. The van der Waals surface area contributed by atoms with Gasteiger partial charge in [0.2, 0.25) is 0 Å². The highest BCUT2D eigenvalue weighted by Gasteiger charge is 2.20. The summed E-state index contributed by atoms with van der Waals surface area (Å²) in [5.41, 5.74) is 1.05. The van der Waals surface area contributed by atoms with Crippen molar-refractivity contribution in [3.8, 4) is 0 Å². The van der Waals surface area contributed by atoms with Crippen LogP contribution in [-0.2, 0) is 6.54 Å². The molecule has 19 heavy (non-hydrogen) atoms. The Balaban J connectivity index is 1.51. The molecule has 1 heterocycles. The molecule has 0 saturated heterocycles. The molecule has 0 aliphatic heterocycles. The number of anilines is 1. The molecule has 4 nitrogen and oxygen atoms in total. The van der Waals surface area contributed by atoms with Gasteiger partial charge in [-0.15, -0.1) is 5.10 Å². The van der Waals surface area contributed by atoms with Gasteiger partial charge in [-0.2, -0.15) is 5.10 Å². The second kappa shape index (κ2) is 5.87. The van der Waals surface area contributed by atoms with Crippen LogP contribution in [0.5, 0.6) is 0 Å². The third-order valence-electron chi connectivity index (χ3n) is 4.25. The summed E-state index contributed by atoms with van der Waals surface area (Å²) in [7, 11) is 2.13. The Morgan fingerprint density at radius 1 is 1.16 bits per heavy atom. The molecule has 2 saturated carbocycles. The van der Waals surface area contributed by atoms with Crippen LogP contribution in [0.25, 0.3) is 0 Å². The Morgan fingerprint density at radius 3 is 2.58 bits per heavy atom. The lowest BCUT2D eigenvalue weighted by Gasteiger charge is -2.21. The lowest BCUT2D eigenvalue weighted by Crippen LogP contribution is -2.25. The number of nitrogens with zero attached hydrogens (tertiary/aromatic N) is 3. The van der Waals surface area contributed by atoms with Crippen molar-refractivity contribution in [3.63, 3.8) is 0 Å². The third-order valence-corrected chi connectivity index (χ3v) is 4.25. The number of rotatable bonds is 6. The van der Waals surface area contributed by atoms with E-state index in [0.29, 0.717) is 0 Å². The minimum Gasteiger partial charge on any atom is -0.358 e. The van der Waals surface area contributed by atoms with Gasteiger partial charge in [0.1, 0.15) is 0 Å². The van der Waals surface area contributed by atoms with Crippen LogP contribution < -0.4 is 10.2 Å². The van der Waals surface area contributed by atoms with Crippen LogP contribution in [0.4, 0.5) is 5.82 Å². The molecule has 1 aromatic heterocycles. The van der Waals surface area contributed by atoms with E-state index < -0.39 is 0 Å². The van der Waals surface area contributed by atoms with Crippen molar-refractivity contribution in [1.29, 1.82) is 0 Å². The highest BCUT2D eigenvalue weighted by atomic mass is 15.2. The smallest absolute Gasteiger partial charge is 0.150 e. The summed E-state index contributed by atoms with van der Waals surface area (Å²) in [4.78, 5) is 2.25. The lowest BCUT2D eigenvalue weighted by atomic mass is 10.1. The lowest BCUT2D eigenvalue weighted by molar-refractivity contribution is 0.543. The first-order valence-electron chi connectivity index (χ1n) is 7.58. The van der Waals surface area contributed by atoms with Gasteiger partial charge < -0.3 is 10.2 Å². The van der Waals surface area contributed by atoms with Crippen LogP contribution in [0.1, 0.15) is 44.2 Å². The molecule has 0 amide bonds. The SMILES string of the molecule is CN(CC1CCCC1)c1ccc(CNC2CC2)nn1. The standard InChI is InChI=1S/C15H24N4/c1-19(11-12-4-2-3-5-12)15-9-8-14(17-18-15)10-16-13-6-7-13/h8-9,12-13,16H,2-7,10-11H2,1H3. The Hall–Kier alpha value is -1.16. The number of aromatic nitrogens is 2. The fourth-order valence-corrected chi connectivity index (χ4v) is 2.86. The molecule has 3 rings (SSSR count). The zero-order chi connectivity index (χ0) is 13.1. The van der Waals surface area contributed by atoms with Gasteiger partial charge in [-0.25, -0.2) is 0 Å². The predicted octanol–water partition coefficient (Wildman–Crippen LogP) is 2.36. The van der Waals surface area contributed by atoms with Crippen LogP contribution in [0.2, 0.25) is 0 Å². The molecule has 2 aliphatic carbocycles. The first kappa shape index (κ1) is 12.9. The number of nitrogens with one attached hydrogen (secondary N) is 1. The predicted molar refractivity (Wildman–Crippen MR) is 77.1 cm³/mol. The van der Waals surface area contributed by atoms with E-state index in [2.05, 4.69) is 39.6 Å². The van der Waals surface area contributed by atoms with Crippen molar-refractivity contribution in [2.75, 3.05) is 18.5 Å². The highest BCUT2D eigenvalue weighted by molar-refractivity contribution is 5.36. The molecule has 104 valence electrons. The Bertz CT molecular complexity index is 393. The molecule has 0 atom stereocenters. The summed E-state index contributed by atoms with van der Waals surface area (Å²) in [6.45, 7) is 1.97. The highest BCUT2D eigenvalue weighted by Crippen LogP contribution is 2.26. The molecule has 2 fully saturated rings. The summed E-state index contributed by atoms with van der Waals surface area (Å²) in [5, 5.41) is 12.1. The van der Waals surface area contributed by atoms with Crippen LogP contribution in [-0.4, -0.2) is 29.8 Å². The molecule has 0 unspecified atom stereocenters. The Kier molecular flexibility index (Phi) is 3.97. The largest absolute Gasteiger partial charge is 0.358 e. The minimum absolute atomic E-state index is 0.728. The van der Waals surface area contributed by atoms with Crippen LogP contribution in [0.3, 0.4) is 0 Å². The van der Waals surface area contributed by atoms with Gasteiger partial charge in [-0.05, 0) is 43.7 Å². The second-order valence-corrected chi connectivity index (χ2v) is 6.07. The third kappa shape index (κ3) is 3.66. The van der Waals surface area contributed by atoms with Gasteiger partial charge in [0.25, 0.3) is 0 Å². The fourth-order valence-electron chi connectivity index (χ4n) is 2.86. The molecule has 0 bridgehead atoms. The summed E-state index contributed by atoms with van der Waals surface area (Å²) in [6.07, 6.45) is 8.18. The van der Waals surface area contributed by atoms with Crippen molar-refractivity contribution in [2.45, 2.75) is 51.1 Å². The number of hydrogen-bond donors (Lipinski definition) is 1. The Morgan fingerprint density at radius 2 is 1.95 bits per heavy atom. The van der Waals surface area contributed by atoms with Gasteiger partial charge in [-0.1, -0.05) is 12.8 Å². The van der Waals surface area contributed by atoms with E-state index in [-0.39, 0.29) is 0 Å². The normalized spacial score (nSPS) is 19.8. The van der Waals surface area contributed by atoms with Crippen molar-refractivity contribution >= 4 is 5.82 Å². The molecule has 4 heteroatoms. The average molecular weight is 260 g/mol. The van der Waals surface area contributed by atoms with Gasteiger partial charge in [0.15, 0.2) is 5.82 Å². The first-order chi connectivity index (χ1) is 9.31. The molecule has 2 aliphatic rings. The van der Waals surface area contributed by atoms with Gasteiger partial charge in [-0.3, -0.25) is 0 Å². The second-order valence-electron chi connectivity index (χ2n) is 6.07. The molecular weight excluding hydrogens is 236 g/mol. The first-order valence-corrected chi connectivity index (χ1v) is 7.58. The summed E-state index contributed by atoms with van der Waals surface area (Å²) >= 11 is 0. The topological polar surface area (TPSA) is 41.0 Å². The van der Waals surface area contributed by atoms with E-state index >= 15 is 0 Å². The maximum atomic E-state index is 4.35. The summed E-state index contributed by atoms with van der Waals surface area (Å²) < 4.78 is 0. The maximum absolute atomic E-state index is 4.35. The van der Waals surface area contributed by atoms with Gasteiger partial charge in [0, 0.05) is 26.2 Å². The summed E-state index contributed by atoms with van der Waals surface area (Å²) in [5.74, 6) is 1.85. The molecule has 0 spiro atoms. The molecule has 1 aromatic rings. The number of hydrogen-bond acceptors (Lipinski definition) is 4. The van der Waals surface area contributed by atoms with Crippen LogP contribution >= 0.6 is 0 Å².